The van der Waals surface area contributed by atoms with E-state index in [1.54, 1.807) is 6.07 Å². The zero-order valence-corrected chi connectivity index (χ0v) is 10.4. The normalized spacial score (nSPS) is 10.2. The topological polar surface area (TPSA) is 37.8 Å². The van der Waals surface area contributed by atoms with Gasteiger partial charge in [-0.05, 0) is 36.6 Å². The lowest BCUT2D eigenvalue weighted by Crippen LogP contribution is -2.07. The Hall–Kier alpha value is -1.61. The third kappa shape index (κ3) is 3.43. The van der Waals surface area contributed by atoms with Gasteiger partial charge in [0.15, 0.2) is 5.15 Å². The molecule has 0 unspecified atom stereocenters. The Balaban J connectivity index is 1.88. The summed E-state index contributed by atoms with van der Waals surface area (Å²) >= 11 is 5.66. The first-order valence-corrected chi connectivity index (χ1v) is 5.91. The maximum Gasteiger partial charge on any atom is 0.151 e. The van der Waals surface area contributed by atoms with E-state index in [9.17, 15) is 0 Å². The monoisotopic (exact) mass is 247 g/mol. The van der Waals surface area contributed by atoms with Crippen molar-refractivity contribution in [2.45, 2.75) is 13.3 Å². The Morgan fingerprint density at radius 3 is 2.65 bits per heavy atom. The summed E-state index contributed by atoms with van der Waals surface area (Å²) < 4.78 is 0. The summed E-state index contributed by atoms with van der Waals surface area (Å²) in [5, 5.41) is 11.3. The van der Waals surface area contributed by atoms with E-state index in [1.807, 2.05) is 6.07 Å². The van der Waals surface area contributed by atoms with Crippen LogP contribution in [0.1, 0.15) is 11.1 Å². The summed E-state index contributed by atoms with van der Waals surface area (Å²) in [6.45, 7) is 2.96. The van der Waals surface area contributed by atoms with Gasteiger partial charge in [0.25, 0.3) is 0 Å². The number of hydrogen-bond donors (Lipinski definition) is 1. The number of anilines is 1. The lowest BCUT2D eigenvalue weighted by atomic mass is 10.1. The van der Waals surface area contributed by atoms with E-state index in [-0.39, 0.29) is 0 Å². The highest BCUT2D eigenvalue weighted by Gasteiger charge is 1.98. The average Bonchev–Trinajstić information content (AvgIpc) is 2.34. The van der Waals surface area contributed by atoms with Crippen LogP contribution in [0.25, 0.3) is 0 Å². The van der Waals surface area contributed by atoms with Crippen molar-refractivity contribution in [2.75, 3.05) is 11.9 Å². The molecule has 0 saturated heterocycles. The smallest absolute Gasteiger partial charge is 0.151 e. The molecule has 1 aromatic heterocycles. The zero-order valence-electron chi connectivity index (χ0n) is 9.65. The van der Waals surface area contributed by atoms with Crippen LogP contribution in [0.2, 0.25) is 5.15 Å². The number of nitrogens with zero attached hydrogens (tertiary/aromatic N) is 2. The molecule has 2 aromatic rings. The molecule has 0 spiro atoms. The van der Waals surface area contributed by atoms with Crippen LogP contribution in [0.4, 0.5) is 5.82 Å². The van der Waals surface area contributed by atoms with Crippen molar-refractivity contribution >= 4 is 17.4 Å². The summed E-state index contributed by atoms with van der Waals surface area (Å²) in [5.41, 5.74) is 2.67. The maximum atomic E-state index is 5.66. The van der Waals surface area contributed by atoms with E-state index in [0.717, 1.165) is 18.8 Å². The van der Waals surface area contributed by atoms with Crippen molar-refractivity contribution in [1.82, 2.24) is 10.2 Å². The zero-order chi connectivity index (χ0) is 12.1. The van der Waals surface area contributed by atoms with Crippen molar-refractivity contribution in [3.8, 4) is 0 Å². The lowest BCUT2D eigenvalue weighted by Gasteiger charge is -2.07. The fourth-order valence-electron chi connectivity index (χ4n) is 1.63. The highest BCUT2D eigenvalue weighted by atomic mass is 35.5. The van der Waals surface area contributed by atoms with Gasteiger partial charge >= 0.3 is 0 Å². The van der Waals surface area contributed by atoms with Crippen LogP contribution in [-0.4, -0.2) is 16.7 Å². The van der Waals surface area contributed by atoms with Crippen LogP contribution in [-0.2, 0) is 6.42 Å². The van der Waals surface area contributed by atoms with E-state index >= 15 is 0 Å². The van der Waals surface area contributed by atoms with Crippen LogP contribution < -0.4 is 5.32 Å². The van der Waals surface area contributed by atoms with Crippen molar-refractivity contribution < 1.29 is 0 Å². The van der Waals surface area contributed by atoms with E-state index in [2.05, 4.69) is 46.7 Å². The largest absolute Gasteiger partial charge is 0.368 e. The first-order valence-electron chi connectivity index (χ1n) is 5.53. The standard InChI is InChI=1S/C13H14ClN3/c1-10-4-2-3-5-11(10)8-9-15-13-7-6-12(14)16-17-13/h2-7H,8-9H2,1H3,(H,15,17). The van der Waals surface area contributed by atoms with Gasteiger partial charge in [0.05, 0.1) is 0 Å². The van der Waals surface area contributed by atoms with Crippen LogP contribution in [0.3, 0.4) is 0 Å². The van der Waals surface area contributed by atoms with Gasteiger partial charge < -0.3 is 5.32 Å². The Bertz CT molecular complexity index is 482. The van der Waals surface area contributed by atoms with Gasteiger partial charge in [0.1, 0.15) is 5.82 Å². The minimum absolute atomic E-state index is 0.412. The number of benzene rings is 1. The summed E-state index contributed by atoms with van der Waals surface area (Å²) in [5.74, 6) is 0.753. The van der Waals surface area contributed by atoms with Crippen LogP contribution >= 0.6 is 11.6 Å². The minimum Gasteiger partial charge on any atom is -0.368 e. The number of aryl methyl sites for hydroxylation is 1. The van der Waals surface area contributed by atoms with Gasteiger partial charge in [-0.3, -0.25) is 0 Å². The Morgan fingerprint density at radius 1 is 1.12 bits per heavy atom. The summed E-state index contributed by atoms with van der Waals surface area (Å²) in [6.07, 6.45) is 0.969. The molecule has 0 aliphatic heterocycles. The number of hydrogen-bond acceptors (Lipinski definition) is 3. The molecule has 88 valence electrons. The molecule has 2 rings (SSSR count). The van der Waals surface area contributed by atoms with Crippen molar-refractivity contribution in [3.05, 3.63) is 52.7 Å². The highest BCUT2D eigenvalue weighted by molar-refractivity contribution is 6.29. The summed E-state index contributed by atoms with van der Waals surface area (Å²) in [6, 6.07) is 11.9. The van der Waals surface area contributed by atoms with E-state index in [0.29, 0.717) is 5.15 Å². The maximum absolute atomic E-state index is 5.66. The Morgan fingerprint density at radius 2 is 1.94 bits per heavy atom. The van der Waals surface area contributed by atoms with Gasteiger partial charge in [-0.2, -0.15) is 0 Å². The molecular formula is C13H14ClN3. The first-order chi connectivity index (χ1) is 8.25. The lowest BCUT2D eigenvalue weighted by molar-refractivity contribution is 0.961. The molecule has 0 bridgehead atoms. The SMILES string of the molecule is Cc1ccccc1CCNc1ccc(Cl)nn1. The molecule has 1 aromatic carbocycles. The van der Waals surface area contributed by atoms with Crippen LogP contribution in [0, 0.1) is 6.92 Å². The third-order valence-corrected chi connectivity index (χ3v) is 2.80. The minimum atomic E-state index is 0.412. The van der Waals surface area contributed by atoms with Gasteiger partial charge in [0, 0.05) is 6.54 Å². The molecule has 4 heteroatoms. The molecule has 0 saturated carbocycles. The van der Waals surface area contributed by atoms with Gasteiger partial charge in [-0.25, -0.2) is 0 Å². The van der Waals surface area contributed by atoms with Crippen molar-refractivity contribution in [3.63, 3.8) is 0 Å². The first kappa shape index (κ1) is 11.9. The molecule has 0 aliphatic carbocycles. The molecule has 1 N–H and O–H groups in total. The Kier molecular flexibility index (Phi) is 3.94. The second-order valence-corrected chi connectivity index (χ2v) is 4.23. The fraction of sp³-hybridized carbons (Fsp3) is 0.231. The molecule has 0 fully saturated rings. The average molecular weight is 248 g/mol. The molecule has 3 nitrogen and oxygen atoms in total. The fourth-order valence-corrected chi connectivity index (χ4v) is 1.73. The summed E-state index contributed by atoms with van der Waals surface area (Å²) in [4.78, 5) is 0. The van der Waals surface area contributed by atoms with Crippen LogP contribution in [0.5, 0.6) is 0 Å². The quantitative estimate of drug-likeness (QED) is 0.902. The number of rotatable bonds is 4. The van der Waals surface area contributed by atoms with Gasteiger partial charge in [0.2, 0.25) is 0 Å². The van der Waals surface area contributed by atoms with Gasteiger partial charge in [-0.15, -0.1) is 10.2 Å². The number of nitrogens with one attached hydrogen (secondary N) is 1. The molecule has 1 heterocycles. The molecule has 0 amide bonds. The molecule has 0 atom stereocenters. The third-order valence-electron chi connectivity index (χ3n) is 2.59. The van der Waals surface area contributed by atoms with Crippen LogP contribution in [0.15, 0.2) is 36.4 Å². The van der Waals surface area contributed by atoms with E-state index in [4.69, 9.17) is 11.6 Å². The molecule has 0 radical (unpaired) electrons. The molecular weight excluding hydrogens is 234 g/mol. The Labute approximate surface area is 106 Å². The highest BCUT2D eigenvalue weighted by Crippen LogP contribution is 2.09. The second-order valence-electron chi connectivity index (χ2n) is 3.84. The van der Waals surface area contributed by atoms with Gasteiger partial charge in [-0.1, -0.05) is 35.9 Å². The predicted octanol–water partition coefficient (Wildman–Crippen LogP) is 3.09. The predicted molar refractivity (Wildman–Crippen MR) is 70.4 cm³/mol. The van der Waals surface area contributed by atoms with E-state index < -0.39 is 0 Å². The number of aromatic nitrogens is 2. The second kappa shape index (κ2) is 5.64. The summed E-state index contributed by atoms with van der Waals surface area (Å²) in [7, 11) is 0. The van der Waals surface area contributed by atoms with E-state index in [1.165, 1.54) is 11.1 Å². The van der Waals surface area contributed by atoms with Crippen molar-refractivity contribution in [2.24, 2.45) is 0 Å². The van der Waals surface area contributed by atoms with Crippen molar-refractivity contribution in [1.29, 1.82) is 0 Å². The molecule has 17 heavy (non-hydrogen) atoms. The molecule has 0 aliphatic rings. The number of halogens is 1.